The van der Waals surface area contributed by atoms with Crippen LogP contribution in [0.25, 0.3) is 0 Å². The second kappa shape index (κ2) is 6.55. The minimum atomic E-state index is -1.27. The molecule has 4 heteroatoms. The molecule has 0 fully saturated rings. The predicted octanol–water partition coefficient (Wildman–Crippen LogP) is 2.72. The number of benzene rings is 1. The summed E-state index contributed by atoms with van der Waals surface area (Å²) < 4.78 is 5.74. The lowest BCUT2D eigenvalue weighted by atomic mass is 10.0. The Bertz CT molecular complexity index is 438. The molecule has 20 heavy (non-hydrogen) atoms. The number of nitrogens with zero attached hydrogens (tertiary/aromatic N) is 1. The Morgan fingerprint density at radius 1 is 1.20 bits per heavy atom. The van der Waals surface area contributed by atoms with Crippen LogP contribution >= 0.6 is 0 Å². The van der Waals surface area contributed by atoms with Crippen molar-refractivity contribution in [3.05, 3.63) is 35.9 Å². The third-order valence-electron chi connectivity index (χ3n) is 3.47. The summed E-state index contributed by atoms with van der Waals surface area (Å²) in [6.45, 7) is 7.01. The highest BCUT2D eigenvalue weighted by atomic mass is 28.3. The number of likely N-dealkylation sites (N-methyl/N-ethyl adjacent to an activating group) is 1. The molecule has 0 aliphatic heterocycles. The quantitative estimate of drug-likeness (QED) is 0.458. The normalized spacial score (nSPS) is 13.9. The van der Waals surface area contributed by atoms with Gasteiger partial charge in [0.1, 0.15) is 8.07 Å². The van der Waals surface area contributed by atoms with E-state index in [9.17, 15) is 4.79 Å². The first kappa shape index (κ1) is 16.9. The SMILES string of the molecule is COC(=O)C(Cc1ccccc1)[N+](C)(C)C[Si](C)(C)C. The summed E-state index contributed by atoms with van der Waals surface area (Å²) in [5, 5.41) is 0. The second-order valence-corrected chi connectivity index (χ2v) is 12.7. The molecule has 1 atom stereocenters. The van der Waals surface area contributed by atoms with E-state index in [0.29, 0.717) is 4.48 Å². The number of carbonyl (C=O) groups is 1. The van der Waals surface area contributed by atoms with Gasteiger partial charge in [-0.05, 0) is 5.56 Å². The van der Waals surface area contributed by atoms with Gasteiger partial charge in [0.15, 0.2) is 6.04 Å². The minimum Gasteiger partial charge on any atom is -0.465 e. The summed E-state index contributed by atoms with van der Waals surface area (Å²) in [4.78, 5) is 12.2. The summed E-state index contributed by atoms with van der Waals surface area (Å²) in [5.74, 6) is -0.114. The van der Waals surface area contributed by atoms with Gasteiger partial charge in [-0.2, -0.15) is 0 Å². The van der Waals surface area contributed by atoms with Crippen molar-refractivity contribution in [2.45, 2.75) is 32.1 Å². The predicted molar refractivity (Wildman–Crippen MR) is 86.3 cm³/mol. The van der Waals surface area contributed by atoms with Crippen LogP contribution in [0.5, 0.6) is 0 Å². The molecule has 0 spiro atoms. The number of esters is 1. The van der Waals surface area contributed by atoms with Crippen molar-refractivity contribution < 1.29 is 14.0 Å². The molecule has 0 bridgehead atoms. The first-order valence-electron chi connectivity index (χ1n) is 7.10. The van der Waals surface area contributed by atoms with Crippen LogP contribution in [0.2, 0.25) is 19.6 Å². The van der Waals surface area contributed by atoms with Gasteiger partial charge in [0.05, 0.1) is 27.4 Å². The molecule has 0 aromatic heterocycles. The van der Waals surface area contributed by atoms with Gasteiger partial charge in [-0.3, -0.25) is 0 Å². The fraction of sp³-hybridized carbons (Fsp3) is 0.562. The maximum atomic E-state index is 12.2. The summed E-state index contributed by atoms with van der Waals surface area (Å²) in [7, 11) is 4.50. The van der Waals surface area contributed by atoms with E-state index in [-0.39, 0.29) is 12.0 Å². The van der Waals surface area contributed by atoms with Crippen molar-refractivity contribution >= 4 is 14.0 Å². The lowest BCUT2D eigenvalue weighted by molar-refractivity contribution is -0.897. The molecule has 1 aromatic rings. The number of rotatable bonds is 6. The standard InChI is InChI=1S/C16H28NO2Si/c1-17(2,13-20(4,5)6)15(16(18)19-3)12-14-10-8-7-9-11-14/h7-11,15H,12-13H2,1-6H3/q+1. The highest BCUT2D eigenvalue weighted by Gasteiger charge is 2.39. The third kappa shape index (κ3) is 5.10. The van der Waals surface area contributed by atoms with Crippen molar-refractivity contribution in [2.24, 2.45) is 0 Å². The molecule has 0 N–H and O–H groups in total. The molecular formula is C16H28NO2Si+. The average Bonchev–Trinajstić information content (AvgIpc) is 2.33. The van der Waals surface area contributed by atoms with Crippen LogP contribution in [0, 0.1) is 0 Å². The first-order valence-corrected chi connectivity index (χ1v) is 10.8. The molecule has 0 heterocycles. The summed E-state index contributed by atoms with van der Waals surface area (Å²) >= 11 is 0. The van der Waals surface area contributed by atoms with E-state index in [4.69, 9.17) is 4.74 Å². The Kier molecular flexibility index (Phi) is 5.54. The largest absolute Gasteiger partial charge is 0.465 e. The van der Waals surface area contributed by atoms with Gasteiger partial charge >= 0.3 is 5.97 Å². The number of ether oxygens (including phenoxy) is 1. The zero-order valence-electron chi connectivity index (χ0n) is 13.6. The van der Waals surface area contributed by atoms with E-state index < -0.39 is 8.07 Å². The topological polar surface area (TPSA) is 26.3 Å². The Balaban J connectivity index is 2.97. The Morgan fingerprint density at radius 3 is 2.20 bits per heavy atom. The fourth-order valence-electron chi connectivity index (χ4n) is 2.92. The minimum absolute atomic E-state index is 0.114. The average molecular weight is 294 g/mol. The van der Waals surface area contributed by atoms with Crippen LogP contribution in [0.1, 0.15) is 5.56 Å². The van der Waals surface area contributed by atoms with Crippen LogP contribution in [-0.4, -0.2) is 51.9 Å². The van der Waals surface area contributed by atoms with Crippen LogP contribution < -0.4 is 0 Å². The van der Waals surface area contributed by atoms with E-state index in [0.717, 1.165) is 12.6 Å². The number of methoxy groups -OCH3 is 1. The van der Waals surface area contributed by atoms with E-state index in [1.807, 2.05) is 18.2 Å². The summed E-state index contributed by atoms with van der Waals surface area (Å²) in [6.07, 6.45) is 1.78. The molecule has 1 aromatic carbocycles. The molecule has 0 saturated heterocycles. The van der Waals surface area contributed by atoms with Crippen molar-refractivity contribution in [1.29, 1.82) is 0 Å². The molecule has 3 nitrogen and oxygen atoms in total. The fourth-order valence-corrected chi connectivity index (χ4v) is 5.59. The monoisotopic (exact) mass is 294 g/mol. The number of quaternary nitrogens is 1. The molecule has 112 valence electrons. The van der Waals surface area contributed by atoms with Crippen molar-refractivity contribution in [2.75, 3.05) is 27.4 Å². The third-order valence-corrected chi connectivity index (χ3v) is 5.23. The Labute approximate surface area is 124 Å². The molecule has 0 radical (unpaired) electrons. The molecule has 0 amide bonds. The molecule has 0 saturated carbocycles. The van der Waals surface area contributed by atoms with Gasteiger partial charge in [0.2, 0.25) is 0 Å². The number of carbonyl (C=O) groups excluding carboxylic acids is 1. The van der Waals surface area contributed by atoms with Crippen LogP contribution in [0.4, 0.5) is 0 Å². The van der Waals surface area contributed by atoms with Gasteiger partial charge in [0.25, 0.3) is 0 Å². The Morgan fingerprint density at radius 2 is 1.75 bits per heavy atom. The summed E-state index contributed by atoms with van der Waals surface area (Å²) in [5.41, 5.74) is 1.18. The van der Waals surface area contributed by atoms with E-state index in [1.165, 1.54) is 12.7 Å². The van der Waals surface area contributed by atoms with E-state index >= 15 is 0 Å². The lowest BCUT2D eigenvalue weighted by Gasteiger charge is -2.40. The second-order valence-electron chi connectivity index (χ2n) is 7.23. The smallest absolute Gasteiger partial charge is 0.365 e. The molecular weight excluding hydrogens is 266 g/mol. The maximum absolute atomic E-state index is 12.2. The van der Waals surface area contributed by atoms with Gasteiger partial charge in [0, 0.05) is 6.42 Å². The zero-order valence-corrected chi connectivity index (χ0v) is 14.6. The van der Waals surface area contributed by atoms with Crippen molar-refractivity contribution in [3.63, 3.8) is 0 Å². The van der Waals surface area contributed by atoms with Crippen LogP contribution in [-0.2, 0) is 16.0 Å². The Hall–Kier alpha value is -1.13. The van der Waals surface area contributed by atoms with Gasteiger partial charge in [-0.1, -0.05) is 50.0 Å². The summed E-state index contributed by atoms with van der Waals surface area (Å²) in [6, 6.07) is 10.0. The lowest BCUT2D eigenvalue weighted by Crippen LogP contribution is -2.60. The van der Waals surface area contributed by atoms with Crippen molar-refractivity contribution in [3.8, 4) is 0 Å². The maximum Gasteiger partial charge on any atom is 0.365 e. The first-order chi connectivity index (χ1) is 9.15. The van der Waals surface area contributed by atoms with Crippen LogP contribution in [0.15, 0.2) is 30.3 Å². The van der Waals surface area contributed by atoms with Gasteiger partial charge in [-0.25, -0.2) is 4.79 Å². The molecule has 1 rings (SSSR count). The molecule has 1 unspecified atom stereocenters. The molecule has 0 aliphatic carbocycles. The van der Waals surface area contributed by atoms with E-state index in [2.05, 4.69) is 45.9 Å². The zero-order chi connectivity index (χ0) is 15.4. The van der Waals surface area contributed by atoms with Gasteiger partial charge < -0.3 is 9.22 Å². The number of hydrogen-bond acceptors (Lipinski definition) is 2. The molecule has 0 aliphatic rings. The highest BCUT2D eigenvalue weighted by Crippen LogP contribution is 2.18. The highest BCUT2D eigenvalue weighted by molar-refractivity contribution is 6.76. The number of hydrogen-bond donors (Lipinski definition) is 0. The van der Waals surface area contributed by atoms with E-state index in [1.54, 1.807) is 0 Å². The van der Waals surface area contributed by atoms with Crippen LogP contribution in [0.3, 0.4) is 0 Å². The van der Waals surface area contributed by atoms with Crippen molar-refractivity contribution in [1.82, 2.24) is 0 Å². The van der Waals surface area contributed by atoms with Gasteiger partial charge in [-0.15, -0.1) is 0 Å².